The average molecular weight is 403 g/mol. The molecule has 0 saturated heterocycles. The number of alkyl halides is 3. The summed E-state index contributed by atoms with van der Waals surface area (Å²) in [6.45, 7) is 0.815. The molecule has 0 amide bonds. The first-order valence-electron chi connectivity index (χ1n) is 8.27. The van der Waals surface area contributed by atoms with Crippen molar-refractivity contribution in [2.45, 2.75) is 44.9 Å². The van der Waals surface area contributed by atoms with Gasteiger partial charge in [-0.2, -0.15) is 13.2 Å². The summed E-state index contributed by atoms with van der Waals surface area (Å²) in [6.07, 6.45) is 0.172. The summed E-state index contributed by atoms with van der Waals surface area (Å²) in [5.41, 5.74) is 0.367. The molecule has 26 heavy (non-hydrogen) atoms. The Morgan fingerprint density at radius 2 is 2.04 bits per heavy atom. The fraction of sp³-hybridized carbons (Fsp3) is 0.562. The molecule has 0 bridgehead atoms. The van der Waals surface area contributed by atoms with Gasteiger partial charge in [0.1, 0.15) is 10.0 Å². The van der Waals surface area contributed by atoms with E-state index in [2.05, 4.69) is 15.3 Å². The smallest absolute Gasteiger partial charge is 0.350 e. The largest absolute Gasteiger partial charge is 0.434 e. The maximum Gasteiger partial charge on any atom is 0.434 e. The predicted octanol–water partition coefficient (Wildman–Crippen LogP) is 3.70. The number of aromatic nitrogens is 2. The van der Waals surface area contributed by atoms with Crippen LogP contribution < -0.4 is 5.32 Å². The molecular formula is C16H20F3N5S2. The molecule has 142 valence electrons. The highest BCUT2D eigenvalue weighted by Gasteiger charge is 2.33. The first-order chi connectivity index (χ1) is 12.4. The van der Waals surface area contributed by atoms with Crippen LogP contribution in [0.2, 0.25) is 0 Å². The number of guanidine groups is 1. The molecule has 0 atom stereocenters. The highest BCUT2D eigenvalue weighted by Crippen LogP contribution is 2.30. The van der Waals surface area contributed by atoms with E-state index in [1.54, 1.807) is 18.4 Å². The van der Waals surface area contributed by atoms with Crippen LogP contribution in [0.5, 0.6) is 0 Å². The second-order valence-corrected chi connectivity index (χ2v) is 8.18. The van der Waals surface area contributed by atoms with E-state index in [-0.39, 0.29) is 6.54 Å². The number of thiazole rings is 2. The average Bonchev–Trinajstić information content (AvgIpc) is 3.21. The Morgan fingerprint density at radius 3 is 2.69 bits per heavy atom. The SMILES string of the molecule is CN=C(NCc1nc(C(F)(F)F)cs1)N(C)Cc1nc2c(s1)CCCC2. The zero-order chi connectivity index (χ0) is 18.7. The molecule has 2 heterocycles. The Labute approximate surface area is 158 Å². The van der Waals surface area contributed by atoms with E-state index in [1.165, 1.54) is 23.4 Å². The number of fused-ring (bicyclic) bond motifs is 1. The fourth-order valence-electron chi connectivity index (χ4n) is 2.81. The standard InChI is InChI=1S/C16H20F3N5S2/c1-20-15(21-7-13-23-12(9-25-13)16(17,18)19)24(2)8-14-22-10-5-3-4-6-11(10)26-14/h9H,3-8H2,1-2H3,(H,20,21). The molecule has 0 aliphatic heterocycles. The topological polar surface area (TPSA) is 53.4 Å². The van der Waals surface area contributed by atoms with Gasteiger partial charge in [-0.25, -0.2) is 9.97 Å². The molecule has 0 spiro atoms. The van der Waals surface area contributed by atoms with Crippen molar-refractivity contribution in [2.24, 2.45) is 4.99 Å². The summed E-state index contributed by atoms with van der Waals surface area (Å²) < 4.78 is 37.9. The Balaban J connectivity index is 1.58. The summed E-state index contributed by atoms with van der Waals surface area (Å²) in [7, 11) is 3.54. The van der Waals surface area contributed by atoms with Gasteiger partial charge in [0.15, 0.2) is 11.7 Å². The summed E-state index contributed by atoms with van der Waals surface area (Å²) in [6, 6.07) is 0. The molecule has 0 fully saturated rings. The van der Waals surface area contributed by atoms with E-state index in [4.69, 9.17) is 4.98 Å². The summed E-state index contributed by atoms with van der Waals surface area (Å²) in [5, 5.41) is 5.51. The van der Waals surface area contributed by atoms with Crippen LogP contribution in [-0.2, 0) is 32.1 Å². The molecule has 2 aromatic heterocycles. The molecule has 2 aromatic rings. The first kappa shape index (κ1) is 19.1. The van der Waals surface area contributed by atoms with Crippen LogP contribution in [0.1, 0.15) is 39.1 Å². The number of halogens is 3. The van der Waals surface area contributed by atoms with Gasteiger partial charge in [-0.05, 0) is 25.7 Å². The van der Waals surface area contributed by atoms with Crippen LogP contribution in [0.15, 0.2) is 10.4 Å². The van der Waals surface area contributed by atoms with Crippen molar-refractivity contribution in [1.29, 1.82) is 0 Å². The van der Waals surface area contributed by atoms with Crippen LogP contribution in [0.25, 0.3) is 0 Å². The van der Waals surface area contributed by atoms with E-state index >= 15 is 0 Å². The molecule has 3 rings (SSSR count). The Hall–Kier alpha value is -1.68. The number of rotatable bonds is 4. The van der Waals surface area contributed by atoms with Gasteiger partial charge in [-0.1, -0.05) is 0 Å². The van der Waals surface area contributed by atoms with Gasteiger partial charge in [-0.15, -0.1) is 22.7 Å². The minimum Gasteiger partial charge on any atom is -0.350 e. The van der Waals surface area contributed by atoms with Gasteiger partial charge in [0.25, 0.3) is 0 Å². The van der Waals surface area contributed by atoms with Crippen molar-refractivity contribution < 1.29 is 13.2 Å². The van der Waals surface area contributed by atoms with E-state index in [0.717, 1.165) is 34.6 Å². The highest BCUT2D eigenvalue weighted by atomic mass is 32.1. The lowest BCUT2D eigenvalue weighted by Gasteiger charge is -2.20. The number of hydrogen-bond donors (Lipinski definition) is 1. The minimum absolute atomic E-state index is 0.201. The molecule has 5 nitrogen and oxygen atoms in total. The normalized spacial score (nSPS) is 15.0. The van der Waals surface area contributed by atoms with Crippen molar-refractivity contribution in [3.63, 3.8) is 0 Å². The summed E-state index contributed by atoms with van der Waals surface area (Å²) in [5.74, 6) is 0.599. The third-order valence-electron chi connectivity index (χ3n) is 4.08. The molecule has 1 aliphatic carbocycles. The molecule has 0 radical (unpaired) electrons. The molecule has 0 aromatic carbocycles. The van der Waals surface area contributed by atoms with Gasteiger partial charge < -0.3 is 10.2 Å². The second kappa shape index (κ2) is 7.91. The molecular weight excluding hydrogens is 383 g/mol. The van der Waals surface area contributed by atoms with Crippen molar-refractivity contribution in [1.82, 2.24) is 20.2 Å². The lowest BCUT2D eigenvalue weighted by Crippen LogP contribution is -2.38. The second-order valence-electron chi connectivity index (χ2n) is 6.07. The van der Waals surface area contributed by atoms with Crippen LogP contribution in [0, 0.1) is 0 Å². The van der Waals surface area contributed by atoms with Crippen LogP contribution in [0.3, 0.4) is 0 Å². The lowest BCUT2D eigenvalue weighted by molar-refractivity contribution is -0.140. The van der Waals surface area contributed by atoms with Crippen LogP contribution in [0.4, 0.5) is 13.2 Å². The van der Waals surface area contributed by atoms with Crippen LogP contribution >= 0.6 is 22.7 Å². The monoisotopic (exact) mass is 403 g/mol. The maximum atomic E-state index is 12.6. The third kappa shape index (κ3) is 4.53. The first-order valence-corrected chi connectivity index (χ1v) is 9.97. The van der Waals surface area contributed by atoms with Crippen molar-refractivity contribution in [3.8, 4) is 0 Å². The minimum atomic E-state index is -4.41. The fourth-order valence-corrected chi connectivity index (χ4v) is 4.76. The summed E-state index contributed by atoms with van der Waals surface area (Å²) >= 11 is 2.73. The highest BCUT2D eigenvalue weighted by molar-refractivity contribution is 7.11. The van der Waals surface area contributed by atoms with Gasteiger partial charge in [-0.3, -0.25) is 4.99 Å². The number of nitrogens with one attached hydrogen (secondary N) is 1. The number of aryl methyl sites for hydroxylation is 2. The molecule has 1 aliphatic rings. The quantitative estimate of drug-likeness (QED) is 0.625. The Morgan fingerprint density at radius 1 is 1.27 bits per heavy atom. The Kier molecular flexibility index (Phi) is 5.81. The third-order valence-corrected chi connectivity index (χ3v) is 6.07. The maximum absolute atomic E-state index is 12.6. The van der Waals surface area contributed by atoms with Crippen molar-refractivity contribution >= 4 is 28.6 Å². The molecule has 1 N–H and O–H groups in total. The van der Waals surface area contributed by atoms with E-state index < -0.39 is 11.9 Å². The Bertz CT molecular complexity index is 758. The number of nitrogens with zero attached hydrogens (tertiary/aromatic N) is 4. The van der Waals surface area contributed by atoms with Gasteiger partial charge in [0.2, 0.25) is 0 Å². The van der Waals surface area contributed by atoms with Gasteiger partial charge in [0, 0.05) is 24.4 Å². The van der Waals surface area contributed by atoms with Gasteiger partial charge in [0.05, 0.1) is 18.8 Å². The predicted molar refractivity (Wildman–Crippen MR) is 97.5 cm³/mol. The summed E-state index contributed by atoms with van der Waals surface area (Å²) in [4.78, 5) is 15.8. The number of aliphatic imine (C=N–C) groups is 1. The van der Waals surface area contributed by atoms with E-state index in [9.17, 15) is 13.2 Å². The van der Waals surface area contributed by atoms with E-state index in [0.29, 0.717) is 17.5 Å². The van der Waals surface area contributed by atoms with Crippen LogP contribution in [-0.4, -0.2) is 34.9 Å². The zero-order valence-corrected chi connectivity index (χ0v) is 16.2. The lowest BCUT2D eigenvalue weighted by atomic mass is 10.0. The molecule has 0 unspecified atom stereocenters. The van der Waals surface area contributed by atoms with Crippen molar-refractivity contribution in [3.05, 3.63) is 31.7 Å². The zero-order valence-electron chi connectivity index (χ0n) is 14.6. The van der Waals surface area contributed by atoms with Crippen molar-refractivity contribution in [2.75, 3.05) is 14.1 Å². The number of hydrogen-bond acceptors (Lipinski definition) is 5. The van der Waals surface area contributed by atoms with E-state index in [1.807, 2.05) is 11.9 Å². The molecule has 0 saturated carbocycles. The molecule has 10 heteroatoms. The van der Waals surface area contributed by atoms with Gasteiger partial charge >= 0.3 is 6.18 Å².